The number of aryl methyl sites for hydroxylation is 1. The van der Waals surface area contributed by atoms with Gasteiger partial charge in [-0.25, -0.2) is 5.84 Å². The Balaban J connectivity index is 2.29. The number of nitrogen functional groups attached to an aromatic ring is 1. The zero-order valence-electron chi connectivity index (χ0n) is 9.55. The van der Waals surface area contributed by atoms with Crippen molar-refractivity contribution in [3.05, 3.63) is 53.3 Å². The number of carbonyl (C=O) groups excluding carboxylic acids is 1. The fraction of sp³-hybridized carbons (Fsp3) is 0.167. The van der Waals surface area contributed by atoms with Crippen LogP contribution in [0.3, 0.4) is 0 Å². The lowest BCUT2D eigenvalue weighted by atomic mass is 10.1. The summed E-state index contributed by atoms with van der Waals surface area (Å²) >= 11 is 0. The maximum Gasteiger partial charge on any atom is 0.265 e. The van der Waals surface area contributed by atoms with Crippen LogP contribution in [0.1, 0.15) is 21.5 Å². The summed E-state index contributed by atoms with van der Waals surface area (Å²) in [6.07, 6.45) is 3.71. The lowest BCUT2D eigenvalue weighted by Gasteiger charge is -2.08. The number of amides is 1. The molecule has 3 N–H and O–H groups in total. The molecule has 0 atom stereocenters. The van der Waals surface area contributed by atoms with Crippen LogP contribution in [0.2, 0.25) is 0 Å². The topological polar surface area (TPSA) is 72.9 Å². The van der Waals surface area contributed by atoms with E-state index in [0.717, 1.165) is 11.1 Å². The predicted molar refractivity (Wildman–Crippen MR) is 64.2 cm³/mol. The molecule has 5 heteroatoms. The number of nitrogens with one attached hydrogen (secondary N) is 1. The summed E-state index contributed by atoms with van der Waals surface area (Å²) in [5.74, 6) is 4.86. The number of rotatable bonds is 3. The molecular weight excluding hydrogens is 216 g/mol. The molecule has 0 saturated heterocycles. The maximum atomic E-state index is 11.6. The molecule has 0 aliphatic carbocycles. The fourth-order valence-corrected chi connectivity index (χ4v) is 1.69. The van der Waals surface area contributed by atoms with Crippen molar-refractivity contribution in [1.29, 1.82) is 0 Å². The highest BCUT2D eigenvalue weighted by Gasteiger charge is 2.09. The molecule has 0 saturated carbocycles. The number of hydrazine groups is 1. The number of hydrogen-bond donors (Lipinski definition) is 2. The third-order valence-electron chi connectivity index (χ3n) is 2.49. The molecule has 1 heterocycles. The highest BCUT2D eigenvalue weighted by Crippen LogP contribution is 2.10. The number of carbonyl (C=O) groups is 1. The monoisotopic (exact) mass is 230 g/mol. The smallest absolute Gasteiger partial charge is 0.265 e. The van der Waals surface area contributed by atoms with E-state index in [1.54, 1.807) is 16.9 Å². The highest BCUT2D eigenvalue weighted by molar-refractivity contribution is 5.95. The number of nitrogens with zero attached hydrogens (tertiary/aromatic N) is 2. The second kappa shape index (κ2) is 4.80. The van der Waals surface area contributed by atoms with Gasteiger partial charge in [-0.15, -0.1) is 0 Å². The molecule has 0 spiro atoms. The Labute approximate surface area is 99.2 Å². The van der Waals surface area contributed by atoms with Gasteiger partial charge in [-0.1, -0.05) is 18.2 Å². The molecule has 0 radical (unpaired) electrons. The fourth-order valence-electron chi connectivity index (χ4n) is 1.69. The summed E-state index contributed by atoms with van der Waals surface area (Å²) < 4.78 is 1.79. The van der Waals surface area contributed by atoms with E-state index in [9.17, 15) is 4.79 Å². The van der Waals surface area contributed by atoms with Gasteiger partial charge in [-0.3, -0.25) is 14.9 Å². The van der Waals surface area contributed by atoms with Crippen molar-refractivity contribution in [3.63, 3.8) is 0 Å². The van der Waals surface area contributed by atoms with Gasteiger partial charge in [0.2, 0.25) is 0 Å². The Morgan fingerprint density at radius 2 is 2.24 bits per heavy atom. The summed E-state index contributed by atoms with van der Waals surface area (Å²) in [5.41, 5.74) is 4.69. The van der Waals surface area contributed by atoms with Crippen LogP contribution in [0.5, 0.6) is 0 Å². The maximum absolute atomic E-state index is 11.6. The van der Waals surface area contributed by atoms with E-state index in [1.807, 2.05) is 31.3 Å². The largest absolute Gasteiger partial charge is 0.290 e. The summed E-state index contributed by atoms with van der Waals surface area (Å²) in [4.78, 5) is 11.6. The molecule has 17 heavy (non-hydrogen) atoms. The third-order valence-corrected chi connectivity index (χ3v) is 2.49. The van der Waals surface area contributed by atoms with Crippen molar-refractivity contribution < 1.29 is 4.79 Å². The lowest BCUT2D eigenvalue weighted by Crippen LogP contribution is -2.31. The molecule has 1 aromatic heterocycles. The quantitative estimate of drug-likeness (QED) is 0.466. The molecule has 2 rings (SSSR count). The first-order valence-corrected chi connectivity index (χ1v) is 5.28. The summed E-state index contributed by atoms with van der Waals surface area (Å²) in [5, 5.41) is 4.19. The van der Waals surface area contributed by atoms with Crippen molar-refractivity contribution in [2.45, 2.75) is 13.5 Å². The predicted octanol–water partition coefficient (Wildman–Crippen LogP) is 0.843. The number of benzene rings is 1. The van der Waals surface area contributed by atoms with E-state index in [-0.39, 0.29) is 5.91 Å². The first kappa shape index (κ1) is 11.3. The lowest BCUT2D eigenvalue weighted by molar-refractivity contribution is 0.0952. The van der Waals surface area contributed by atoms with Crippen LogP contribution in [0.25, 0.3) is 0 Å². The number of nitrogens with two attached hydrogens (primary N) is 1. The van der Waals surface area contributed by atoms with Crippen LogP contribution < -0.4 is 11.3 Å². The van der Waals surface area contributed by atoms with Gasteiger partial charge in [0.15, 0.2) is 0 Å². The van der Waals surface area contributed by atoms with Crippen LogP contribution >= 0.6 is 0 Å². The molecule has 0 aliphatic heterocycles. The van der Waals surface area contributed by atoms with Gasteiger partial charge >= 0.3 is 0 Å². The molecule has 88 valence electrons. The second-order valence-corrected chi connectivity index (χ2v) is 3.85. The van der Waals surface area contributed by atoms with Crippen molar-refractivity contribution in [1.82, 2.24) is 15.2 Å². The normalized spacial score (nSPS) is 10.2. The third kappa shape index (κ3) is 2.51. The van der Waals surface area contributed by atoms with E-state index in [1.165, 1.54) is 0 Å². The highest BCUT2D eigenvalue weighted by atomic mass is 16.2. The molecular formula is C12H14N4O. The van der Waals surface area contributed by atoms with Gasteiger partial charge in [0.25, 0.3) is 5.91 Å². The molecule has 0 bridgehead atoms. The molecule has 0 fully saturated rings. The Morgan fingerprint density at radius 1 is 1.47 bits per heavy atom. The summed E-state index contributed by atoms with van der Waals surface area (Å²) in [6, 6.07) is 7.33. The van der Waals surface area contributed by atoms with Crippen molar-refractivity contribution >= 4 is 5.91 Å². The minimum Gasteiger partial charge on any atom is -0.290 e. The second-order valence-electron chi connectivity index (χ2n) is 3.85. The van der Waals surface area contributed by atoms with Gasteiger partial charge < -0.3 is 0 Å². The first-order chi connectivity index (χ1) is 8.20. The van der Waals surface area contributed by atoms with Gasteiger partial charge in [0.05, 0.1) is 12.7 Å². The molecule has 0 aliphatic rings. The summed E-state index contributed by atoms with van der Waals surface area (Å²) in [7, 11) is 0. The Kier molecular flexibility index (Phi) is 3.20. The van der Waals surface area contributed by atoms with Gasteiger partial charge in [-0.2, -0.15) is 5.10 Å². The van der Waals surface area contributed by atoms with E-state index in [4.69, 9.17) is 5.84 Å². The van der Waals surface area contributed by atoms with Crippen LogP contribution in [0, 0.1) is 6.92 Å². The van der Waals surface area contributed by atoms with Crippen molar-refractivity contribution in [2.24, 2.45) is 5.84 Å². The minimum absolute atomic E-state index is 0.288. The SMILES string of the molecule is Cc1cnn(Cc2ccccc2C(=O)NN)c1. The molecule has 5 nitrogen and oxygen atoms in total. The Morgan fingerprint density at radius 3 is 2.88 bits per heavy atom. The molecule has 1 aromatic carbocycles. The van der Waals surface area contributed by atoms with Gasteiger partial charge in [0.1, 0.15) is 0 Å². The average Bonchev–Trinajstić information content (AvgIpc) is 2.74. The van der Waals surface area contributed by atoms with Crippen molar-refractivity contribution in [3.8, 4) is 0 Å². The molecule has 1 amide bonds. The number of hydrogen-bond acceptors (Lipinski definition) is 3. The Bertz CT molecular complexity index is 533. The average molecular weight is 230 g/mol. The molecule has 2 aromatic rings. The number of aromatic nitrogens is 2. The van der Waals surface area contributed by atoms with Crippen LogP contribution in [-0.2, 0) is 6.54 Å². The van der Waals surface area contributed by atoms with Gasteiger partial charge in [0, 0.05) is 11.8 Å². The van der Waals surface area contributed by atoms with Crippen LogP contribution in [-0.4, -0.2) is 15.7 Å². The van der Waals surface area contributed by atoms with E-state index in [2.05, 4.69) is 10.5 Å². The zero-order valence-corrected chi connectivity index (χ0v) is 9.55. The van der Waals surface area contributed by atoms with E-state index >= 15 is 0 Å². The van der Waals surface area contributed by atoms with E-state index in [0.29, 0.717) is 12.1 Å². The standard InChI is InChI=1S/C12H14N4O/c1-9-6-14-16(7-9)8-10-4-2-3-5-11(10)12(17)15-13/h2-7H,8,13H2,1H3,(H,15,17). The van der Waals surface area contributed by atoms with E-state index < -0.39 is 0 Å². The first-order valence-electron chi connectivity index (χ1n) is 5.28. The van der Waals surface area contributed by atoms with Crippen molar-refractivity contribution in [2.75, 3.05) is 0 Å². The summed E-state index contributed by atoms with van der Waals surface area (Å²) in [6.45, 7) is 2.53. The zero-order chi connectivity index (χ0) is 12.3. The van der Waals surface area contributed by atoms with Crippen LogP contribution in [0.15, 0.2) is 36.7 Å². The Hall–Kier alpha value is -2.14. The van der Waals surface area contributed by atoms with Gasteiger partial charge in [-0.05, 0) is 24.1 Å². The molecule has 0 unspecified atom stereocenters. The minimum atomic E-state index is -0.288. The van der Waals surface area contributed by atoms with Crippen LogP contribution in [0.4, 0.5) is 0 Å².